The van der Waals surface area contributed by atoms with Crippen molar-refractivity contribution in [2.24, 2.45) is 5.73 Å². The first-order valence-corrected chi connectivity index (χ1v) is 4.52. The van der Waals surface area contributed by atoms with Crippen LogP contribution < -0.4 is 11.3 Å². The van der Waals surface area contributed by atoms with E-state index in [9.17, 15) is 4.79 Å². The van der Waals surface area contributed by atoms with Gasteiger partial charge in [-0.25, -0.2) is 4.98 Å². The molecule has 0 aliphatic carbocycles. The zero-order valence-electron chi connectivity index (χ0n) is 8.37. The molecule has 5 heteroatoms. The Labute approximate surface area is 82.0 Å². The second-order valence-corrected chi connectivity index (χ2v) is 3.28. The average molecular weight is 197 g/mol. The lowest BCUT2D eigenvalue weighted by atomic mass is 10.1. The van der Waals surface area contributed by atoms with Gasteiger partial charge in [-0.3, -0.25) is 4.79 Å². The normalized spacial score (nSPS) is 12.9. The van der Waals surface area contributed by atoms with Crippen LogP contribution in [0.3, 0.4) is 0 Å². The fraction of sp³-hybridized carbons (Fsp3) is 0.556. The van der Waals surface area contributed by atoms with Crippen LogP contribution in [0.15, 0.2) is 4.79 Å². The molecule has 0 saturated carbocycles. The number of hydrogen-bond donors (Lipinski definition) is 3. The summed E-state index contributed by atoms with van der Waals surface area (Å²) in [6, 6.07) is -0.287. The fourth-order valence-corrected chi connectivity index (χ4v) is 1.25. The van der Waals surface area contributed by atoms with Gasteiger partial charge in [0.25, 0.3) is 5.56 Å². The lowest BCUT2D eigenvalue weighted by Gasteiger charge is -2.08. The number of nitrogens with one attached hydrogen (secondary N) is 1. The van der Waals surface area contributed by atoms with E-state index in [1.54, 1.807) is 13.8 Å². The second kappa shape index (κ2) is 4.34. The van der Waals surface area contributed by atoms with Crippen LogP contribution in [0.25, 0.3) is 0 Å². The molecule has 14 heavy (non-hydrogen) atoms. The van der Waals surface area contributed by atoms with Gasteiger partial charge in [0.1, 0.15) is 5.82 Å². The minimum atomic E-state index is -0.287. The molecule has 4 N–H and O–H groups in total. The molecular formula is C9H15N3O2. The van der Waals surface area contributed by atoms with Crippen LogP contribution in [-0.4, -0.2) is 21.7 Å². The van der Waals surface area contributed by atoms with Gasteiger partial charge >= 0.3 is 0 Å². The molecule has 1 heterocycles. The van der Waals surface area contributed by atoms with E-state index in [2.05, 4.69) is 9.97 Å². The van der Waals surface area contributed by atoms with E-state index in [0.717, 1.165) is 0 Å². The number of hydrogen-bond acceptors (Lipinski definition) is 4. The van der Waals surface area contributed by atoms with Gasteiger partial charge in [0.05, 0.1) is 6.04 Å². The van der Waals surface area contributed by atoms with E-state index < -0.39 is 0 Å². The number of H-pyrrole nitrogens is 1. The predicted octanol–water partition coefficient (Wildman–Crippen LogP) is -0.367. The van der Waals surface area contributed by atoms with E-state index in [1.807, 2.05) is 0 Å². The molecule has 0 aliphatic heterocycles. The Morgan fingerprint density at radius 1 is 1.64 bits per heavy atom. The topological polar surface area (TPSA) is 92.0 Å². The number of rotatable bonds is 3. The molecule has 0 radical (unpaired) electrons. The second-order valence-electron chi connectivity index (χ2n) is 3.28. The molecule has 1 unspecified atom stereocenters. The van der Waals surface area contributed by atoms with Gasteiger partial charge in [0.15, 0.2) is 0 Å². The summed E-state index contributed by atoms with van der Waals surface area (Å²) in [4.78, 5) is 18.3. The van der Waals surface area contributed by atoms with Crippen LogP contribution in [0.4, 0.5) is 0 Å². The molecule has 0 saturated heterocycles. The van der Waals surface area contributed by atoms with Crippen LogP contribution in [0.2, 0.25) is 0 Å². The highest BCUT2D eigenvalue weighted by Gasteiger charge is 2.09. The summed E-state index contributed by atoms with van der Waals surface area (Å²) in [6.45, 7) is 3.44. The van der Waals surface area contributed by atoms with Gasteiger partial charge in [-0.15, -0.1) is 0 Å². The minimum Gasteiger partial charge on any atom is -0.396 e. The Kier molecular flexibility index (Phi) is 3.38. The van der Waals surface area contributed by atoms with Gasteiger partial charge in [0, 0.05) is 24.3 Å². The van der Waals surface area contributed by atoms with Crippen molar-refractivity contribution < 1.29 is 5.11 Å². The largest absolute Gasteiger partial charge is 0.396 e. The Morgan fingerprint density at radius 2 is 2.29 bits per heavy atom. The van der Waals surface area contributed by atoms with E-state index in [4.69, 9.17) is 10.8 Å². The van der Waals surface area contributed by atoms with Crippen LogP contribution in [0.1, 0.15) is 30.0 Å². The Bertz CT molecular complexity index is 371. The minimum absolute atomic E-state index is 0.0525. The van der Waals surface area contributed by atoms with Crippen molar-refractivity contribution in [1.82, 2.24) is 9.97 Å². The Balaban J connectivity index is 3.18. The molecule has 0 spiro atoms. The number of nitrogens with two attached hydrogens (primary N) is 1. The summed E-state index contributed by atoms with van der Waals surface area (Å²) in [7, 11) is 0. The molecule has 1 rings (SSSR count). The average Bonchev–Trinajstić information content (AvgIpc) is 2.10. The first kappa shape index (κ1) is 10.9. The van der Waals surface area contributed by atoms with E-state index >= 15 is 0 Å². The van der Waals surface area contributed by atoms with E-state index in [0.29, 0.717) is 23.5 Å². The molecular weight excluding hydrogens is 182 g/mol. The molecule has 0 bridgehead atoms. The molecule has 5 nitrogen and oxygen atoms in total. The lowest BCUT2D eigenvalue weighted by molar-refractivity contribution is 0.298. The monoisotopic (exact) mass is 197 g/mol. The van der Waals surface area contributed by atoms with Crippen LogP contribution >= 0.6 is 0 Å². The van der Waals surface area contributed by atoms with Crippen LogP contribution in [0.5, 0.6) is 0 Å². The molecule has 0 fully saturated rings. The van der Waals surface area contributed by atoms with Crippen LogP contribution in [-0.2, 0) is 6.42 Å². The zero-order chi connectivity index (χ0) is 10.7. The van der Waals surface area contributed by atoms with Crippen LogP contribution in [0, 0.1) is 6.92 Å². The third kappa shape index (κ3) is 2.18. The highest BCUT2D eigenvalue weighted by atomic mass is 16.3. The maximum absolute atomic E-state index is 11.5. The van der Waals surface area contributed by atoms with Crippen molar-refractivity contribution in [3.63, 3.8) is 0 Å². The van der Waals surface area contributed by atoms with Crippen molar-refractivity contribution >= 4 is 0 Å². The van der Waals surface area contributed by atoms with Gasteiger partial charge < -0.3 is 15.8 Å². The van der Waals surface area contributed by atoms with Gasteiger partial charge in [-0.05, 0) is 13.8 Å². The lowest BCUT2D eigenvalue weighted by Crippen LogP contribution is -2.23. The summed E-state index contributed by atoms with van der Waals surface area (Å²) in [5.41, 5.74) is 6.54. The van der Waals surface area contributed by atoms with Gasteiger partial charge in [-0.1, -0.05) is 0 Å². The Hall–Kier alpha value is -1.20. The van der Waals surface area contributed by atoms with Crippen molar-refractivity contribution in [3.05, 3.63) is 27.4 Å². The highest BCUT2D eigenvalue weighted by molar-refractivity contribution is 5.17. The molecule has 1 atom stereocenters. The number of aliphatic hydroxyl groups is 1. The number of aromatic amines is 1. The molecule has 78 valence electrons. The molecule has 0 aromatic carbocycles. The number of nitrogens with zero attached hydrogens (tertiary/aromatic N) is 1. The van der Waals surface area contributed by atoms with Crippen molar-refractivity contribution in [3.8, 4) is 0 Å². The molecule has 0 aliphatic rings. The maximum atomic E-state index is 11.5. The van der Waals surface area contributed by atoms with Gasteiger partial charge in [0.2, 0.25) is 0 Å². The first-order chi connectivity index (χ1) is 6.56. The Morgan fingerprint density at radius 3 is 2.71 bits per heavy atom. The van der Waals surface area contributed by atoms with E-state index in [-0.39, 0.29) is 18.2 Å². The SMILES string of the molecule is Cc1nc(C(C)N)[nH]c(=O)c1CCO. The molecule has 0 amide bonds. The van der Waals surface area contributed by atoms with Crippen molar-refractivity contribution in [2.45, 2.75) is 26.3 Å². The molecule has 1 aromatic rings. The maximum Gasteiger partial charge on any atom is 0.254 e. The zero-order valence-corrected chi connectivity index (χ0v) is 8.37. The quantitative estimate of drug-likeness (QED) is 0.616. The van der Waals surface area contributed by atoms with Crippen molar-refractivity contribution in [2.75, 3.05) is 6.61 Å². The first-order valence-electron chi connectivity index (χ1n) is 4.52. The number of aromatic nitrogens is 2. The number of aliphatic hydroxyl groups excluding tert-OH is 1. The standard InChI is InChI=1S/C9H15N3O2/c1-5(10)8-11-6(2)7(3-4-13)9(14)12-8/h5,13H,3-4,10H2,1-2H3,(H,11,12,14). The molecule has 1 aromatic heterocycles. The summed E-state index contributed by atoms with van der Waals surface area (Å²) in [6.07, 6.45) is 0.327. The highest BCUT2D eigenvalue weighted by Crippen LogP contribution is 2.04. The smallest absolute Gasteiger partial charge is 0.254 e. The summed E-state index contributed by atoms with van der Waals surface area (Å²) < 4.78 is 0. The fourth-order valence-electron chi connectivity index (χ4n) is 1.25. The third-order valence-electron chi connectivity index (χ3n) is 2.03. The number of aryl methyl sites for hydroxylation is 1. The third-order valence-corrected chi connectivity index (χ3v) is 2.03. The summed E-state index contributed by atoms with van der Waals surface area (Å²) in [5.74, 6) is 0.481. The predicted molar refractivity (Wildman–Crippen MR) is 53.0 cm³/mol. The summed E-state index contributed by atoms with van der Waals surface area (Å²) in [5, 5.41) is 8.74. The summed E-state index contributed by atoms with van der Waals surface area (Å²) >= 11 is 0. The van der Waals surface area contributed by atoms with Crippen molar-refractivity contribution in [1.29, 1.82) is 0 Å². The van der Waals surface area contributed by atoms with E-state index in [1.165, 1.54) is 0 Å². The van der Waals surface area contributed by atoms with Gasteiger partial charge in [-0.2, -0.15) is 0 Å².